The molecule has 1 aromatic heterocycles. The van der Waals surface area contributed by atoms with Crippen molar-refractivity contribution in [2.75, 3.05) is 11.4 Å². The van der Waals surface area contributed by atoms with Gasteiger partial charge < -0.3 is 9.32 Å². The van der Waals surface area contributed by atoms with Crippen molar-refractivity contribution in [1.82, 2.24) is 4.98 Å². The average molecular weight is 307 g/mol. The maximum atomic E-state index is 11.8. The number of aromatic nitrogens is 1. The summed E-state index contributed by atoms with van der Waals surface area (Å²) >= 11 is 3.48. The molecule has 5 heteroatoms. The highest BCUT2D eigenvalue weighted by molar-refractivity contribution is 9.09. The van der Waals surface area contributed by atoms with Gasteiger partial charge in [0.2, 0.25) is 5.91 Å². The van der Waals surface area contributed by atoms with E-state index in [1.807, 2.05) is 24.3 Å². The monoisotopic (exact) mass is 306 g/mol. The predicted octanol–water partition coefficient (Wildman–Crippen LogP) is 2.84. The molecule has 0 radical (unpaired) electrons. The van der Waals surface area contributed by atoms with Crippen molar-refractivity contribution >= 4 is 27.5 Å². The third-order valence-electron chi connectivity index (χ3n) is 2.97. The molecule has 0 N–H and O–H groups in total. The van der Waals surface area contributed by atoms with Crippen molar-refractivity contribution in [2.45, 2.75) is 11.2 Å². The van der Waals surface area contributed by atoms with Crippen LogP contribution in [0.1, 0.15) is 6.42 Å². The second-order valence-corrected chi connectivity index (χ2v) is 5.51. The zero-order valence-electron chi connectivity index (χ0n) is 9.54. The Balaban J connectivity index is 1.85. The Morgan fingerprint density at radius 3 is 2.67 bits per heavy atom. The number of amides is 1. The standard InChI is InChI=1S/C13H11BrN2O2/c14-10-5-13(17)16(7-10)11-3-1-9(2-4-11)12-6-15-8-18-12/h1-4,6,8,10H,5,7H2. The first-order valence-corrected chi connectivity index (χ1v) is 6.59. The summed E-state index contributed by atoms with van der Waals surface area (Å²) in [6.07, 6.45) is 3.64. The van der Waals surface area contributed by atoms with Gasteiger partial charge in [0, 0.05) is 29.0 Å². The molecule has 1 amide bonds. The molecule has 2 aromatic rings. The lowest BCUT2D eigenvalue weighted by Crippen LogP contribution is -2.24. The molecule has 1 fully saturated rings. The van der Waals surface area contributed by atoms with E-state index in [4.69, 9.17) is 4.42 Å². The third-order valence-corrected chi connectivity index (χ3v) is 3.59. The van der Waals surface area contributed by atoms with Crippen LogP contribution < -0.4 is 4.90 Å². The summed E-state index contributed by atoms with van der Waals surface area (Å²) in [6.45, 7) is 0.723. The maximum Gasteiger partial charge on any atom is 0.228 e. The zero-order chi connectivity index (χ0) is 12.5. The Labute approximate surface area is 113 Å². The molecule has 1 saturated heterocycles. The largest absolute Gasteiger partial charge is 0.444 e. The van der Waals surface area contributed by atoms with Gasteiger partial charge in [-0.25, -0.2) is 4.98 Å². The highest BCUT2D eigenvalue weighted by Gasteiger charge is 2.28. The lowest BCUT2D eigenvalue weighted by Gasteiger charge is -2.15. The first-order chi connectivity index (χ1) is 8.74. The number of benzene rings is 1. The molecule has 0 bridgehead atoms. The maximum absolute atomic E-state index is 11.8. The highest BCUT2D eigenvalue weighted by Crippen LogP contribution is 2.27. The van der Waals surface area contributed by atoms with Gasteiger partial charge in [-0.1, -0.05) is 15.9 Å². The van der Waals surface area contributed by atoms with E-state index in [9.17, 15) is 4.79 Å². The Kier molecular flexibility index (Phi) is 2.91. The predicted molar refractivity (Wildman–Crippen MR) is 71.6 cm³/mol. The van der Waals surface area contributed by atoms with Crippen molar-refractivity contribution in [3.8, 4) is 11.3 Å². The van der Waals surface area contributed by atoms with E-state index in [-0.39, 0.29) is 10.7 Å². The summed E-state index contributed by atoms with van der Waals surface area (Å²) in [7, 11) is 0. The van der Waals surface area contributed by atoms with Gasteiger partial charge in [0.1, 0.15) is 0 Å². The fourth-order valence-corrected chi connectivity index (χ4v) is 2.64. The number of carbonyl (C=O) groups is 1. The number of nitrogens with zero attached hydrogens (tertiary/aromatic N) is 2. The van der Waals surface area contributed by atoms with Crippen LogP contribution in [0.15, 0.2) is 41.3 Å². The van der Waals surface area contributed by atoms with Crippen molar-refractivity contribution in [3.05, 3.63) is 36.9 Å². The second kappa shape index (κ2) is 4.57. The smallest absolute Gasteiger partial charge is 0.228 e. The number of anilines is 1. The van der Waals surface area contributed by atoms with Crippen LogP contribution in [0.25, 0.3) is 11.3 Å². The van der Waals surface area contributed by atoms with Crippen LogP contribution in [0.2, 0.25) is 0 Å². The number of hydrogen-bond acceptors (Lipinski definition) is 3. The van der Waals surface area contributed by atoms with E-state index < -0.39 is 0 Å². The van der Waals surface area contributed by atoms with E-state index in [0.717, 1.165) is 23.6 Å². The lowest BCUT2D eigenvalue weighted by molar-refractivity contribution is -0.117. The number of oxazole rings is 1. The number of carbonyl (C=O) groups excluding carboxylic acids is 1. The van der Waals surface area contributed by atoms with E-state index in [1.54, 1.807) is 11.1 Å². The first-order valence-electron chi connectivity index (χ1n) is 5.67. The summed E-state index contributed by atoms with van der Waals surface area (Å²) in [5, 5.41) is 0. The van der Waals surface area contributed by atoms with Crippen molar-refractivity contribution in [1.29, 1.82) is 0 Å². The number of halogens is 1. The van der Waals surface area contributed by atoms with Gasteiger partial charge in [0.15, 0.2) is 12.2 Å². The second-order valence-electron chi connectivity index (χ2n) is 4.22. The molecule has 0 spiro atoms. The SMILES string of the molecule is O=C1CC(Br)CN1c1ccc(-c2cnco2)cc1. The Bertz CT molecular complexity index is 551. The zero-order valence-corrected chi connectivity index (χ0v) is 11.1. The molecule has 0 saturated carbocycles. The molecule has 1 aromatic carbocycles. The average Bonchev–Trinajstić information content (AvgIpc) is 2.99. The van der Waals surface area contributed by atoms with Gasteiger partial charge in [-0.3, -0.25) is 4.79 Å². The molecule has 2 heterocycles. The van der Waals surface area contributed by atoms with Crippen LogP contribution in [-0.4, -0.2) is 22.3 Å². The molecule has 1 aliphatic rings. The molecular formula is C13H11BrN2O2. The summed E-state index contributed by atoms with van der Waals surface area (Å²) in [5.41, 5.74) is 1.88. The van der Waals surface area contributed by atoms with E-state index in [1.165, 1.54) is 6.39 Å². The fraction of sp³-hybridized carbons (Fsp3) is 0.231. The highest BCUT2D eigenvalue weighted by atomic mass is 79.9. The molecule has 3 rings (SSSR count). The fourth-order valence-electron chi connectivity index (χ4n) is 2.08. The Hall–Kier alpha value is -1.62. The molecular weight excluding hydrogens is 296 g/mol. The van der Waals surface area contributed by atoms with E-state index in [0.29, 0.717) is 6.42 Å². The van der Waals surface area contributed by atoms with Gasteiger partial charge >= 0.3 is 0 Å². The molecule has 1 atom stereocenters. The molecule has 18 heavy (non-hydrogen) atoms. The summed E-state index contributed by atoms with van der Waals surface area (Å²) in [5.74, 6) is 0.886. The quantitative estimate of drug-likeness (QED) is 0.802. The van der Waals surface area contributed by atoms with Crippen molar-refractivity contribution in [2.24, 2.45) is 0 Å². The summed E-state index contributed by atoms with van der Waals surface area (Å²) < 4.78 is 5.22. The first kappa shape index (κ1) is 11.5. The summed E-state index contributed by atoms with van der Waals surface area (Å²) in [6, 6.07) is 7.73. The minimum absolute atomic E-state index is 0.157. The minimum Gasteiger partial charge on any atom is -0.444 e. The topological polar surface area (TPSA) is 46.3 Å². The van der Waals surface area contributed by atoms with Crippen LogP contribution in [0, 0.1) is 0 Å². The van der Waals surface area contributed by atoms with Crippen LogP contribution in [0.4, 0.5) is 5.69 Å². The number of hydrogen-bond donors (Lipinski definition) is 0. The van der Waals surface area contributed by atoms with Crippen molar-refractivity contribution < 1.29 is 9.21 Å². The van der Waals surface area contributed by atoms with Gasteiger partial charge in [0.05, 0.1) is 6.20 Å². The van der Waals surface area contributed by atoms with Crippen LogP contribution in [0.5, 0.6) is 0 Å². The normalized spacial score (nSPS) is 19.5. The van der Waals surface area contributed by atoms with E-state index in [2.05, 4.69) is 20.9 Å². The van der Waals surface area contributed by atoms with Crippen LogP contribution in [-0.2, 0) is 4.79 Å². The number of rotatable bonds is 2. The van der Waals surface area contributed by atoms with Crippen LogP contribution >= 0.6 is 15.9 Å². The van der Waals surface area contributed by atoms with Gasteiger partial charge in [-0.2, -0.15) is 0 Å². The van der Waals surface area contributed by atoms with Gasteiger partial charge in [-0.15, -0.1) is 0 Å². The molecule has 1 aliphatic heterocycles. The Morgan fingerprint density at radius 2 is 2.11 bits per heavy atom. The van der Waals surface area contributed by atoms with Crippen molar-refractivity contribution in [3.63, 3.8) is 0 Å². The minimum atomic E-state index is 0.157. The molecule has 92 valence electrons. The molecule has 1 unspecified atom stereocenters. The third kappa shape index (κ3) is 2.06. The molecule has 0 aliphatic carbocycles. The van der Waals surface area contributed by atoms with E-state index >= 15 is 0 Å². The Morgan fingerprint density at radius 1 is 1.33 bits per heavy atom. The van der Waals surface area contributed by atoms with Gasteiger partial charge in [-0.05, 0) is 24.3 Å². The van der Waals surface area contributed by atoms with Gasteiger partial charge in [0.25, 0.3) is 0 Å². The summed E-state index contributed by atoms with van der Waals surface area (Å²) in [4.78, 5) is 17.7. The number of alkyl halides is 1. The van der Waals surface area contributed by atoms with Crippen LogP contribution in [0.3, 0.4) is 0 Å². The molecule has 4 nitrogen and oxygen atoms in total. The lowest BCUT2D eigenvalue weighted by atomic mass is 10.1.